The maximum Gasteiger partial charge on any atom is 0.251 e. The molecule has 0 aliphatic carbocycles. The van der Waals surface area contributed by atoms with Gasteiger partial charge in [-0.15, -0.1) is 0 Å². The van der Waals surface area contributed by atoms with Gasteiger partial charge in [0.1, 0.15) is 17.7 Å². The molecule has 1 N–H and O–H groups in total. The maximum atomic E-state index is 13.1. The fourth-order valence-corrected chi connectivity index (χ4v) is 4.58. The van der Waals surface area contributed by atoms with E-state index >= 15 is 0 Å². The Labute approximate surface area is 194 Å². The minimum absolute atomic E-state index is 0.0874. The predicted octanol–water partition coefficient (Wildman–Crippen LogP) is 4.56. The second kappa shape index (κ2) is 10.1. The van der Waals surface area contributed by atoms with Gasteiger partial charge >= 0.3 is 0 Å². The van der Waals surface area contributed by atoms with E-state index in [9.17, 15) is 4.79 Å². The van der Waals surface area contributed by atoms with E-state index in [4.69, 9.17) is 14.7 Å². The second-order valence-electron chi connectivity index (χ2n) is 8.70. The Balaban J connectivity index is 1.42. The summed E-state index contributed by atoms with van der Waals surface area (Å²) in [5.41, 5.74) is 2.81. The molecule has 0 saturated carbocycles. The first-order valence-electron chi connectivity index (χ1n) is 11.8. The molecule has 5 rings (SSSR count). The van der Waals surface area contributed by atoms with Crippen LogP contribution in [0.2, 0.25) is 0 Å². The van der Waals surface area contributed by atoms with Gasteiger partial charge in [-0.3, -0.25) is 9.78 Å². The van der Waals surface area contributed by atoms with Crippen molar-refractivity contribution in [3.63, 3.8) is 0 Å². The fraction of sp³-hybridized carbons (Fsp3) is 0.385. The molecular formula is C26H29N5O2. The number of anilines is 2. The van der Waals surface area contributed by atoms with Crippen LogP contribution < -0.4 is 5.32 Å². The number of aromatic nitrogens is 3. The topological polar surface area (TPSA) is 80.2 Å². The van der Waals surface area contributed by atoms with Gasteiger partial charge in [-0.1, -0.05) is 18.2 Å². The van der Waals surface area contributed by atoms with Crippen LogP contribution >= 0.6 is 0 Å². The molecule has 2 saturated heterocycles. The lowest BCUT2D eigenvalue weighted by molar-refractivity contribution is -0.147. The van der Waals surface area contributed by atoms with Crippen LogP contribution in [0.25, 0.3) is 11.3 Å². The third kappa shape index (κ3) is 5.20. The van der Waals surface area contributed by atoms with Crippen LogP contribution in [0.1, 0.15) is 43.8 Å². The number of para-hydroxylation sites is 1. The van der Waals surface area contributed by atoms with Gasteiger partial charge in [-0.2, -0.15) is 0 Å². The van der Waals surface area contributed by atoms with Crippen LogP contribution in [0, 0.1) is 0 Å². The number of pyridine rings is 1. The standard InChI is InChI=1S/C26H29N5O2/c32-26(23-10-4-5-16-33-23)31-15-6-7-20(18-31)25-29-22(19-11-13-27-14-12-19)17-24(30-25)28-21-8-2-1-3-9-21/h1-3,8-9,11-14,17,20,23H,4-7,10,15-16,18H2,(H,28,29,30)/t20-,23+/m1/s1. The van der Waals surface area contributed by atoms with Gasteiger partial charge in [0.25, 0.3) is 5.91 Å². The van der Waals surface area contributed by atoms with Crippen LogP contribution in [0.15, 0.2) is 60.9 Å². The van der Waals surface area contributed by atoms with E-state index in [1.165, 1.54) is 0 Å². The molecule has 0 bridgehead atoms. The maximum absolute atomic E-state index is 13.1. The van der Waals surface area contributed by atoms with Crippen molar-refractivity contribution in [2.45, 2.75) is 44.1 Å². The number of ether oxygens (including phenoxy) is 1. The molecule has 2 aliphatic rings. The summed E-state index contributed by atoms with van der Waals surface area (Å²) in [6, 6.07) is 15.9. The van der Waals surface area contributed by atoms with Crippen molar-refractivity contribution < 1.29 is 9.53 Å². The van der Waals surface area contributed by atoms with E-state index in [1.54, 1.807) is 12.4 Å². The molecule has 7 nitrogen and oxygen atoms in total. The predicted molar refractivity (Wildman–Crippen MR) is 127 cm³/mol. The van der Waals surface area contributed by atoms with E-state index in [1.807, 2.05) is 53.4 Å². The quantitative estimate of drug-likeness (QED) is 0.623. The van der Waals surface area contributed by atoms with E-state index in [2.05, 4.69) is 10.3 Å². The molecule has 2 atom stereocenters. The summed E-state index contributed by atoms with van der Waals surface area (Å²) >= 11 is 0. The van der Waals surface area contributed by atoms with Gasteiger partial charge in [-0.05, 0) is 56.4 Å². The number of hydrogen-bond donors (Lipinski definition) is 1. The Hall–Kier alpha value is -3.32. The lowest BCUT2D eigenvalue weighted by atomic mass is 9.95. The molecule has 7 heteroatoms. The first-order chi connectivity index (χ1) is 16.3. The molecule has 2 aliphatic heterocycles. The molecule has 1 amide bonds. The smallest absolute Gasteiger partial charge is 0.251 e. The zero-order valence-corrected chi connectivity index (χ0v) is 18.7. The average molecular weight is 444 g/mol. The average Bonchev–Trinajstić information content (AvgIpc) is 2.90. The lowest BCUT2D eigenvalue weighted by Crippen LogP contribution is -2.46. The van der Waals surface area contributed by atoms with E-state index in [-0.39, 0.29) is 17.9 Å². The number of benzene rings is 1. The molecular weight excluding hydrogens is 414 g/mol. The number of carbonyl (C=O) groups is 1. The van der Waals surface area contributed by atoms with Crippen molar-refractivity contribution in [1.82, 2.24) is 19.9 Å². The summed E-state index contributed by atoms with van der Waals surface area (Å²) in [4.78, 5) is 29.0. The summed E-state index contributed by atoms with van der Waals surface area (Å²) in [5, 5.41) is 3.41. The number of likely N-dealkylation sites (tertiary alicyclic amines) is 1. The number of amides is 1. The van der Waals surface area contributed by atoms with E-state index in [0.29, 0.717) is 13.2 Å². The number of rotatable bonds is 5. The Bertz CT molecular complexity index is 1070. The molecule has 170 valence electrons. The highest BCUT2D eigenvalue weighted by atomic mass is 16.5. The second-order valence-corrected chi connectivity index (χ2v) is 8.70. The third-order valence-corrected chi connectivity index (χ3v) is 6.32. The SMILES string of the molecule is O=C([C@@H]1CCCCO1)N1CCC[C@@H](c2nc(Nc3ccccc3)cc(-c3ccncc3)n2)C1. The lowest BCUT2D eigenvalue weighted by Gasteiger charge is -2.35. The number of nitrogens with zero attached hydrogens (tertiary/aromatic N) is 4. The van der Waals surface area contributed by atoms with Crippen LogP contribution in [0.5, 0.6) is 0 Å². The molecule has 4 heterocycles. The van der Waals surface area contributed by atoms with Crippen molar-refractivity contribution in [1.29, 1.82) is 0 Å². The highest BCUT2D eigenvalue weighted by Gasteiger charge is 2.32. The van der Waals surface area contributed by atoms with Crippen molar-refractivity contribution in [3.8, 4) is 11.3 Å². The molecule has 0 radical (unpaired) electrons. The van der Waals surface area contributed by atoms with Crippen LogP contribution in [-0.4, -0.2) is 51.6 Å². The first-order valence-corrected chi connectivity index (χ1v) is 11.8. The highest BCUT2D eigenvalue weighted by molar-refractivity contribution is 5.81. The minimum atomic E-state index is -0.295. The van der Waals surface area contributed by atoms with E-state index in [0.717, 1.165) is 67.2 Å². The van der Waals surface area contributed by atoms with Gasteiger partial charge in [0.05, 0.1) is 5.69 Å². The van der Waals surface area contributed by atoms with Crippen LogP contribution in [0.3, 0.4) is 0 Å². The zero-order valence-electron chi connectivity index (χ0n) is 18.7. The summed E-state index contributed by atoms with van der Waals surface area (Å²) in [6.45, 7) is 2.08. The van der Waals surface area contributed by atoms with Crippen molar-refractivity contribution in [2.24, 2.45) is 0 Å². The van der Waals surface area contributed by atoms with Crippen LogP contribution in [0.4, 0.5) is 11.5 Å². The molecule has 0 spiro atoms. The number of carbonyl (C=O) groups excluding carboxylic acids is 1. The first kappa shape index (κ1) is 21.5. The van der Waals surface area contributed by atoms with Crippen molar-refractivity contribution in [3.05, 3.63) is 66.7 Å². The highest BCUT2D eigenvalue weighted by Crippen LogP contribution is 2.30. The van der Waals surface area contributed by atoms with Gasteiger partial charge in [0, 0.05) is 55.3 Å². The van der Waals surface area contributed by atoms with Crippen molar-refractivity contribution >= 4 is 17.4 Å². The number of nitrogens with one attached hydrogen (secondary N) is 1. The molecule has 33 heavy (non-hydrogen) atoms. The minimum Gasteiger partial charge on any atom is -0.368 e. The molecule has 2 fully saturated rings. The van der Waals surface area contributed by atoms with Gasteiger partial charge in [-0.25, -0.2) is 9.97 Å². The summed E-state index contributed by atoms with van der Waals surface area (Å²) in [5.74, 6) is 1.72. The number of piperidine rings is 1. The van der Waals surface area contributed by atoms with Crippen LogP contribution in [-0.2, 0) is 9.53 Å². The molecule has 1 aromatic carbocycles. The Morgan fingerprint density at radius 2 is 1.85 bits per heavy atom. The van der Waals surface area contributed by atoms with Crippen molar-refractivity contribution in [2.75, 3.05) is 25.0 Å². The monoisotopic (exact) mass is 443 g/mol. The third-order valence-electron chi connectivity index (χ3n) is 6.32. The molecule has 0 unspecified atom stereocenters. The number of hydrogen-bond acceptors (Lipinski definition) is 6. The summed E-state index contributed by atoms with van der Waals surface area (Å²) < 4.78 is 5.76. The van der Waals surface area contributed by atoms with Gasteiger partial charge < -0.3 is 15.0 Å². The van der Waals surface area contributed by atoms with Gasteiger partial charge in [0.2, 0.25) is 0 Å². The van der Waals surface area contributed by atoms with Gasteiger partial charge in [0.15, 0.2) is 0 Å². The summed E-state index contributed by atoms with van der Waals surface area (Å²) in [6.07, 6.45) is 8.06. The Kier molecular flexibility index (Phi) is 6.58. The molecule has 3 aromatic rings. The molecule has 2 aromatic heterocycles. The Morgan fingerprint density at radius 3 is 2.64 bits per heavy atom. The normalized spacial score (nSPS) is 20.9. The zero-order chi connectivity index (χ0) is 22.5. The van der Waals surface area contributed by atoms with E-state index < -0.39 is 0 Å². The Morgan fingerprint density at radius 1 is 1.00 bits per heavy atom. The summed E-state index contributed by atoms with van der Waals surface area (Å²) in [7, 11) is 0. The fourth-order valence-electron chi connectivity index (χ4n) is 4.58. The largest absolute Gasteiger partial charge is 0.368 e.